The van der Waals surface area contributed by atoms with E-state index >= 15 is 0 Å². The maximum Gasteiger partial charge on any atom is 0.248 e. The molecule has 1 amide bonds. The Balaban J connectivity index is 1.28. The molecule has 4 heteroatoms. The lowest BCUT2D eigenvalue weighted by Crippen LogP contribution is -2.07. The van der Waals surface area contributed by atoms with Crippen LogP contribution in [0.25, 0.3) is 17.2 Å². The number of amides is 1. The van der Waals surface area contributed by atoms with Crippen molar-refractivity contribution in [3.8, 4) is 11.1 Å². The summed E-state index contributed by atoms with van der Waals surface area (Å²) in [5.41, 5.74) is 4.62. The highest BCUT2D eigenvalue weighted by molar-refractivity contribution is 8.00. The first kappa shape index (κ1) is 22.3. The zero-order valence-electron chi connectivity index (χ0n) is 18.0. The second-order valence-electron chi connectivity index (χ2n) is 7.41. The average Bonchev–Trinajstić information content (AvgIpc) is 2.88. The predicted molar refractivity (Wildman–Crippen MR) is 137 cm³/mol. The summed E-state index contributed by atoms with van der Waals surface area (Å²) in [5.74, 6) is 0.257. The molecule has 0 saturated heterocycles. The van der Waals surface area contributed by atoms with Gasteiger partial charge in [0.2, 0.25) is 5.91 Å². The van der Waals surface area contributed by atoms with Gasteiger partial charge in [0.1, 0.15) is 0 Å². The van der Waals surface area contributed by atoms with Crippen molar-refractivity contribution in [3.63, 3.8) is 0 Å². The number of benzene rings is 4. The van der Waals surface area contributed by atoms with Gasteiger partial charge in [-0.25, -0.2) is 0 Å². The largest absolute Gasteiger partial charge is 0.323 e. The molecule has 0 fully saturated rings. The summed E-state index contributed by atoms with van der Waals surface area (Å²) in [6.07, 6.45) is 3.29. The first-order chi connectivity index (χ1) is 16.2. The number of carbonyl (C=O) groups excluding carboxylic acids is 2. The smallest absolute Gasteiger partial charge is 0.248 e. The lowest BCUT2D eigenvalue weighted by atomic mass is 10.0. The van der Waals surface area contributed by atoms with Gasteiger partial charge in [0.15, 0.2) is 5.78 Å². The van der Waals surface area contributed by atoms with Crippen molar-refractivity contribution in [1.82, 2.24) is 0 Å². The number of rotatable bonds is 8. The molecule has 0 spiro atoms. The highest BCUT2D eigenvalue weighted by atomic mass is 32.2. The van der Waals surface area contributed by atoms with Crippen molar-refractivity contribution >= 4 is 35.2 Å². The number of nitrogens with one attached hydrogen (secondary N) is 1. The molecule has 0 unspecified atom stereocenters. The van der Waals surface area contributed by atoms with Crippen LogP contribution >= 0.6 is 11.8 Å². The highest BCUT2D eigenvalue weighted by Gasteiger charge is 2.08. The van der Waals surface area contributed by atoms with Crippen molar-refractivity contribution in [2.45, 2.75) is 4.90 Å². The zero-order valence-corrected chi connectivity index (χ0v) is 18.8. The number of anilines is 1. The Morgan fingerprint density at radius 2 is 1.30 bits per heavy atom. The molecule has 0 aliphatic rings. The number of carbonyl (C=O) groups is 2. The van der Waals surface area contributed by atoms with Crippen molar-refractivity contribution in [2.24, 2.45) is 0 Å². The van der Waals surface area contributed by atoms with Crippen LogP contribution in [0.4, 0.5) is 5.69 Å². The van der Waals surface area contributed by atoms with E-state index in [0.717, 1.165) is 21.6 Å². The molecule has 1 N–H and O–H groups in total. The quantitative estimate of drug-likeness (QED) is 0.179. The second-order valence-corrected chi connectivity index (χ2v) is 8.46. The second kappa shape index (κ2) is 11.1. The molecule has 4 rings (SSSR count). The Hall–Kier alpha value is -3.89. The molecule has 4 aromatic rings. The van der Waals surface area contributed by atoms with Crippen LogP contribution in [0.2, 0.25) is 0 Å². The molecule has 0 aliphatic heterocycles. The summed E-state index contributed by atoms with van der Waals surface area (Å²) >= 11 is 1.48. The molecule has 0 aromatic heterocycles. The molecule has 0 saturated carbocycles. The van der Waals surface area contributed by atoms with Crippen LogP contribution in [-0.4, -0.2) is 17.4 Å². The third kappa shape index (κ3) is 6.55. The van der Waals surface area contributed by atoms with Gasteiger partial charge in [-0.15, -0.1) is 11.8 Å². The Bertz CT molecular complexity index is 1230. The molecule has 4 aromatic carbocycles. The number of hydrogen-bond acceptors (Lipinski definition) is 3. The molecule has 3 nitrogen and oxygen atoms in total. The van der Waals surface area contributed by atoms with Gasteiger partial charge >= 0.3 is 0 Å². The van der Waals surface area contributed by atoms with Gasteiger partial charge in [-0.1, -0.05) is 84.9 Å². The van der Waals surface area contributed by atoms with E-state index in [1.165, 1.54) is 17.8 Å². The fourth-order valence-corrected chi connectivity index (χ4v) is 4.06. The molecule has 0 aliphatic carbocycles. The topological polar surface area (TPSA) is 46.2 Å². The zero-order chi connectivity index (χ0) is 22.9. The Morgan fingerprint density at radius 3 is 1.97 bits per heavy atom. The molecular formula is C29H23NO2S. The van der Waals surface area contributed by atoms with Gasteiger partial charge in [-0.3, -0.25) is 9.59 Å². The molecule has 162 valence electrons. The summed E-state index contributed by atoms with van der Waals surface area (Å²) in [4.78, 5) is 25.7. The van der Waals surface area contributed by atoms with Crippen molar-refractivity contribution in [1.29, 1.82) is 0 Å². The standard InChI is InChI=1S/C29H23NO2S/c31-28(25-14-12-24(13-15-25)23-9-5-2-6-10-23)21-33-27-18-16-26(17-19-27)30-29(32)20-11-22-7-3-1-4-8-22/h1-20H,21H2,(H,30,32)/b20-11+. The van der Waals surface area contributed by atoms with Crippen LogP contribution < -0.4 is 5.32 Å². The fourth-order valence-electron chi connectivity index (χ4n) is 3.27. The van der Waals surface area contributed by atoms with E-state index in [1.807, 2.05) is 97.1 Å². The number of ketones is 1. The summed E-state index contributed by atoms with van der Waals surface area (Å²) in [5, 5.41) is 2.85. The summed E-state index contributed by atoms with van der Waals surface area (Å²) < 4.78 is 0. The van der Waals surface area contributed by atoms with Crippen LogP contribution in [0.15, 0.2) is 120 Å². The minimum absolute atomic E-state index is 0.0861. The van der Waals surface area contributed by atoms with Crippen molar-refractivity contribution in [2.75, 3.05) is 11.1 Å². The molecule has 0 radical (unpaired) electrons. The first-order valence-corrected chi connectivity index (χ1v) is 11.6. The Kier molecular flexibility index (Phi) is 7.52. The molecule has 33 heavy (non-hydrogen) atoms. The Labute approximate surface area is 198 Å². The van der Waals surface area contributed by atoms with E-state index in [1.54, 1.807) is 6.08 Å². The van der Waals surface area contributed by atoms with E-state index in [9.17, 15) is 9.59 Å². The fraction of sp³-hybridized carbons (Fsp3) is 0.0345. The van der Waals surface area contributed by atoms with Gasteiger partial charge in [-0.05, 0) is 47.0 Å². The first-order valence-electron chi connectivity index (χ1n) is 10.6. The number of Topliss-reactive ketones (excluding diaryl/α,β-unsaturated/α-hetero) is 1. The molecule has 0 atom stereocenters. The summed E-state index contributed by atoms with van der Waals surface area (Å²) in [7, 11) is 0. The predicted octanol–water partition coefficient (Wildman–Crippen LogP) is 6.98. The van der Waals surface area contributed by atoms with Gasteiger partial charge in [0.05, 0.1) is 5.75 Å². The minimum atomic E-state index is -0.187. The van der Waals surface area contributed by atoms with E-state index < -0.39 is 0 Å². The van der Waals surface area contributed by atoms with Crippen LogP contribution in [0.1, 0.15) is 15.9 Å². The van der Waals surface area contributed by atoms with Crippen LogP contribution in [0, 0.1) is 0 Å². The summed E-state index contributed by atoms with van der Waals surface area (Å²) in [6.45, 7) is 0. The van der Waals surface area contributed by atoms with E-state index in [4.69, 9.17) is 0 Å². The van der Waals surface area contributed by atoms with Gasteiger partial charge in [0.25, 0.3) is 0 Å². The lowest BCUT2D eigenvalue weighted by Gasteiger charge is -2.06. The molecule has 0 bridgehead atoms. The highest BCUT2D eigenvalue weighted by Crippen LogP contribution is 2.23. The van der Waals surface area contributed by atoms with Gasteiger partial charge in [-0.2, -0.15) is 0 Å². The van der Waals surface area contributed by atoms with Crippen molar-refractivity contribution < 1.29 is 9.59 Å². The van der Waals surface area contributed by atoms with Crippen LogP contribution in [0.3, 0.4) is 0 Å². The van der Waals surface area contributed by atoms with E-state index in [-0.39, 0.29) is 11.7 Å². The molecule has 0 heterocycles. The van der Waals surface area contributed by atoms with Crippen LogP contribution in [-0.2, 0) is 4.79 Å². The average molecular weight is 450 g/mol. The number of thioether (sulfide) groups is 1. The van der Waals surface area contributed by atoms with Crippen LogP contribution in [0.5, 0.6) is 0 Å². The minimum Gasteiger partial charge on any atom is -0.323 e. The maximum atomic E-state index is 12.6. The monoisotopic (exact) mass is 449 g/mol. The maximum absolute atomic E-state index is 12.6. The molecular weight excluding hydrogens is 426 g/mol. The van der Waals surface area contributed by atoms with E-state index in [2.05, 4.69) is 17.4 Å². The van der Waals surface area contributed by atoms with Gasteiger partial charge < -0.3 is 5.32 Å². The Morgan fingerprint density at radius 1 is 0.697 bits per heavy atom. The third-order valence-corrected chi connectivity index (χ3v) is 6.04. The third-order valence-electron chi connectivity index (χ3n) is 5.03. The van der Waals surface area contributed by atoms with Crippen molar-refractivity contribution in [3.05, 3.63) is 126 Å². The van der Waals surface area contributed by atoms with Gasteiger partial charge in [0, 0.05) is 22.2 Å². The van der Waals surface area contributed by atoms with E-state index in [0.29, 0.717) is 17.0 Å². The lowest BCUT2D eigenvalue weighted by molar-refractivity contribution is -0.111. The number of hydrogen-bond donors (Lipinski definition) is 1. The summed E-state index contributed by atoms with van der Waals surface area (Å²) in [6, 6.07) is 35.0. The SMILES string of the molecule is O=C(/C=C/c1ccccc1)Nc1ccc(SCC(=O)c2ccc(-c3ccccc3)cc2)cc1. The normalized spacial score (nSPS) is 10.8.